The summed E-state index contributed by atoms with van der Waals surface area (Å²) in [7, 11) is 0. The van der Waals surface area contributed by atoms with Gasteiger partial charge in [-0.1, -0.05) is 34.1 Å². The molecule has 1 saturated heterocycles. The second-order valence-electron chi connectivity index (χ2n) is 4.40. The Kier molecular flexibility index (Phi) is 4.57. The van der Waals surface area contributed by atoms with Gasteiger partial charge in [0.25, 0.3) is 0 Å². The number of hydrogen-bond acceptors (Lipinski definition) is 5. The van der Waals surface area contributed by atoms with Crippen LogP contribution in [0.5, 0.6) is 0 Å². The molecule has 5 atom stereocenters. The van der Waals surface area contributed by atoms with Crippen molar-refractivity contribution in [2.45, 2.75) is 36.4 Å². The van der Waals surface area contributed by atoms with Crippen molar-refractivity contribution in [2.24, 2.45) is 0 Å². The van der Waals surface area contributed by atoms with Crippen molar-refractivity contribution in [1.82, 2.24) is 0 Å². The third-order valence-corrected chi connectivity index (χ3v) is 4.07. The molecule has 0 spiro atoms. The fourth-order valence-electron chi connectivity index (χ4n) is 1.88. The maximum absolute atomic E-state index is 11.9. The minimum atomic E-state index is -1.27. The Hall–Kier alpha value is -0.950. The highest BCUT2D eigenvalue weighted by Crippen LogP contribution is 2.28. The van der Waals surface area contributed by atoms with E-state index in [0.717, 1.165) is 0 Å². The second-order valence-corrected chi connectivity index (χ2v) is 5.46. The Morgan fingerprint density at radius 2 is 1.95 bits per heavy atom. The van der Waals surface area contributed by atoms with Crippen molar-refractivity contribution in [3.63, 3.8) is 0 Å². The lowest BCUT2D eigenvalue weighted by molar-refractivity contribution is -0.236. The average molecular weight is 331 g/mol. The molecule has 19 heavy (non-hydrogen) atoms. The molecule has 0 bridgehead atoms. The number of aliphatic hydroxyl groups is 2. The van der Waals surface area contributed by atoms with Crippen LogP contribution in [0.15, 0.2) is 30.3 Å². The highest BCUT2D eigenvalue weighted by Gasteiger charge is 2.44. The zero-order valence-corrected chi connectivity index (χ0v) is 11.9. The van der Waals surface area contributed by atoms with E-state index in [9.17, 15) is 15.0 Å². The molecule has 0 unspecified atom stereocenters. The van der Waals surface area contributed by atoms with E-state index in [4.69, 9.17) is 9.47 Å². The van der Waals surface area contributed by atoms with Crippen molar-refractivity contribution < 1.29 is 24.5 Å². The first-order valence-corrected chi connectivity index (χ1v) is 6.84. The van der Waals surface area contributed by atoms with Gasteiger partial charge >= 0.3 is 5.97 Å². The molecule has 6 heteroatoms. The van der Waals surface area contributed by atoms with Crippen LogP contribution in [-0.2, 0) is 9.47 Å². The van der Waals surface area contributed by atoms with Crippen LogP contribution in [0.3, 0.4) is 0 Å². The van der Waals surface area contributed by atoms with Crippen LogP contribution in [0.2, 0.25) is 0 Å². The smallest absolute Gasteiger partial charge is 0.338 e. The largest absolute Gasteiger partial charge is 0.452 e. The van der Waals surface area contributed by atoms with E-state index >= 15 is 0 Å². The standard InChI is InChI=1S/C13H15BrO5/c1-7-10(15)9(14)11(13(17)18-7)19-12(16)8-5-3-2-4-6-8/h2-7,9-11,13,15,17H,1H3/t7-,9-,10-,11+,13+/m1/s1. The molecule has 1 aliphatic heterocycles. The molecule has 1 aromatic rings. The summed E-state index contributed by atoms with van der Waals surface area (Å²) >= 11 is 3.23. The number of carbonyl (C=O) groups is 1. The molecule has 0 aromatic heterocycles. The predicted octanol–water partition coefficient (Wildman–Crippen LogP) is 1.07. The number of rotatable bonds is 2. The summed E-state index contributed by atoms with van der Waals surface area (Å²) in [5, 5.41) is 19.6. The lowest BCUT2D eigenvalue weighted by atomic mass is 10.0. The molecule has 5 nitrogen and oxygen atoms in total. The number of alkyl halides is 1. The second kappa shape index (κ2) is 6.00. The Labute approximate surface area is 119 Å². The Morgan fingerprint density at radius 3 is 2.58 bits per heavy atom. The number of esters is 1. The summed E-state index contributed by atoms with van der Waals surface area (Å²) in [5.41, 5.74) is 0.377. The maximum Gasteiger partial charge on any atom is 0.338 e. The first-order valence-electron chi connectivity index (χ1n) is 5.92. The molecule has 0 aliphatic carbocycles. The van der Waals surface area contributed by atoms with Gasteiger partial charge in [-0.25, -0.2) is 4.79 Å². The summed E-state index contributed by atoms with van der Waals surface area (Å²) in [6, 6.07) is 8.44. The SMILES string of the molecule is C[C@H]1O[C@H](O)[C@@H](OC(=O)c2ccccc2)[C@H](Br)[C@@H]1O. The first-order chi connectivity index (χ1) is 9.00. The van der Waals surface area contributed by atoms with Crippen LogP contribution >= 0.6 is 15.9 Å². The zero-order valence-electron chi connectivity index (χ0n) is 10.3. The first kappa shape index (κ1) is 14.5. The molecule has 1 fully saturated rings. The Morgan fingerprint density at radius 1 is 1.32 bits per heavy atom. The van der Waals surface area contributed by atoms with Crippen LogP contribution in [0.1, 0.15) is 17.3 Å². The van der Waals surface area contributed by atoms with Gasteiger partial charge in [-0.3, -0.25) is 0 Å². The molecule has 1 aromatic carbocycles. The van der Waals surface area contributed by atoms with Crippen molar-refractivity contribution >= 4 is 21.9 Å². The lowest BCUT2D eigenvalue weighted by Gasteiger charge is -2.38. The maximum atomic E-state index is 11.9. The summed E-state index contributed by atoms with van der Waals surface area (Å²) in [6.45, 7) is 1.64. The van der Waals surface area contributed by atoms with Gasteiger partial charge in [0.05, 0.1) is 22.6 Å². The van der Waals surface area contributed by atoms with Gasteiger partial charge in [0.1, 0.15) is 0 Å². The summed E-state index contributed by atoms with van der Waals surface area (Å²) in [5.74, 6) is -0.570. The van der Waals surface area contributed by atoms with Gasteiger partial charge in [-0.05, 0) is 19.1 Å². The average Bonchev–Trinajstić information content (AvgIpc) is 2.42. The number of halogens is 1. The van der Waals surface area contributed by atoms with Crippen molar-refractivity contribution in [3.05, 3.63) is 35.9 Å². The topological polar surface area (TPSA) is 76.0 Å². The van der Waals surface area contributed by atoms with Gasteiger partial charge in [0, 0.05) is 0 Å². The fraction of sp³-hybridized carbons (Fsp3) is 0.462. The van der Waals surface area contributed by atoms with Crippen molar-refractivity contribution in [3.8, 4) is 0 Å². The normalized spacial score (nSPS) is 34.8. The number of ether oxygens (including phenoxy) is 2. The van der Waals surface area contributed by atoms with E-state index in [-0.39, 0.29) is 0 Å². The van der Waals surface area contributed by atoms with Gasteiger partial charge in [0.2, 0.25) is 0 Å². The van der Waals surface area contributed by atoms with Crippen molar-refractivity contribution in [1.29, 1.82) is 0 Å². The van der Waals surface area contributed by atoms with Crippen LogP contribution in [-0.4, -0.2) is 45.6 Å². The number of carbonyl (C=O) groups excluding carboxylic acids is 1. The van der Waals surface area contributed by atoms with Crippen LogP contribution in [0.25, 0.3) is 0 Å². The van der Waals surface area contributed by atoms with E-state index in [1.807, 2.05) is 0 Å². The lowest BCUT2D eigenvalue weighted by Crippen LogP contribution is -2.55. The fourth-order valence-corrected chi connectivity index (χ4v) is 2.68. The van der Waals surface area contributed by atoms with Crippen LogP contribution < -0.4 is 0 Å². The molecule has 1 heterocycles. The molecule has 2 rings (SSSR count). The van der Waals surface area contributed by atoms with Crippen molar-refractivity contribution in [2.75, 3.05) is 0 Å². The van der Waals surface area contributed by atoms with Gasteiger partial charge in [-0.15, -0.1) is 0 Å². The van der Waals surface area contributed by atoms with E-state index < -0.39 is 35.4 Å². The highest BCUT2D eigenvalue weighted by atomic mass is 79.9. The van der Waals surface area contributed by atoms with E-state index in [2.05, 4.69) is 15.9 Å². The molecular weight excluding hydrogens is 316 g/mol. The van der Waals surface area contributed by atoms with E-state index in [0.29, 0.717) is 5.56 Å². The van der Waals surface area contributed by atoms with E-state index in [1.54, 1.807) is 37.3 Å². The number of aliphatic hydroxyl groups excluding tert-OH is 2. The monoisotopic (exact) mass is 330 g/mol. The summed E-state index contributed by atoms with van der Waals surface area (Å²) in [6.07, 6.45) is -3.63. The van der Waals surface area contributed by atoms with Gasteiger partial charge in [0.15, 0.2) is 12.4 Å². The Bertz CT molecular complexity index is 438. The molecule has 2 N–H and O–H groups in total. The Balaban J connectivity index is 2.08. The molecule has 0 radical (unpaired) electrons. The molecule has 1 aliphatic rings. The predicted molar refractivity (Wildman–Crippen MR) is 70.9 cm³/mol. The molecule has 104 valence electrons. The third-order valence-electron chi connectivity index (χ3n) is 3.01. The molecular formula is C13H15BrO5. The summed E-state index contributed by atoms with van der Waals surface area (Å²) in [4.78, 5) is 11.3. The minimum Gasteiger partial charge on any atom is -0.452 e. The van der Waals surface area contributed by atoms with Crippen LogP contribution in [0, 0.1) is 0 Å². The number of benzene rings is 1. The quantitative estimate of drug-likeness (QED) is 0.626. The molecule has 0 saturated carbocycles. The highest BCUT2D eigenvalue weighted by molar-refractivity contribution is 9.09. The summed E-state index contributed by atoms with van der Waals surface area (Å²) < 4.78 is 10.3. The third kappa shape index (κ3) is 3.14. The van der Waals surface area contributed by atoms with Gasteiger partial charge in [-0.2, -0.15) is 0 Å². The van der Waals surface area contributed by atoms with Gasteiger partial charge < -0.3 is 19.7 Å². The number of hydrogen-bond donors (Lipinski definition) is 2. The minimum absolute atomic E-state index is 0.377. The molecule has 0 amide bonds. The zero-order chi connectivity index (χ0) is 14.0. The van der Waals surface area contributed by atoms with E-state index in [1.165, 1.54) is 0 Å². The van der Waals surface area contributed by atoms with Crippen LogP contribution in [0.4, 0.5) is 0 Å².